The van der Waals surface area contributed by atoms with E-state index in [1.807, 2.05) is 36.6 Å². The van der Waals surface area contributed by atoms with Crippen molar-refractivity contribution >= 4 is 37.5 Å². The van der Waals surface area contributed by atoms with Gasteiger partial charge in [0.05, 0.1) is 21.7 Å². The van der Waals surface area contributed by atoms with Crippen LogP contribution in [-0.2, 0) is 21.3 Å². The van der Waals surface area contributed by atoms with Crippen molar-refractivity contribution in [2.75, 3.05) is 20.3 Å². The molecule has 0 spiro atoms. The van der Waals surface area contributed by atoms with Crippen LogP contribution < -0.4 is 4.80 Å². The average Bonchev–Trinajstić information content (AvgIpc) is 3.16. The van der Waals surface area contributed by atoms with Crippen LogP contribution in [0.3, 0.4) is 0 Å². The Labute approximate surface area is 198 Å². The van der Waals surface area contributed by atoms with E-state index in [9.17, 15) is 13.2 Å². The molecular weight excluding hydrogens is 458 g/mol. The minimum atomic E-state index is -3.58. The molecule has 176 valence electrons. The van der Waals surface area contributed by atoms with Crippen molar-refractivity contribution < 1.29 is 17.9 Å². The molecule has 1 fully saturated rings. The van der Waals surface area contributed by atoms with Gasteiger partial charge in [0.25, 0.3) is 5.91 Å². The number of amides is 1. The van der Waals surface area contributed by atoms with E-state index in [1.165, 1.54) is 23.5 Å². The van der Waals surface area contributed by atoms with E-state index >= 15 is 0 Å². The molecule has 1 aliphatic heterocycles. The minimum absolute atomic E-state index is 0.0148. The van der Waals surface area contributed by atoms with Crippen LogP contribution in [0.1, 0.15) is 42.1 Å². The summed E-state index contributed by atoms with van der Waals surface area (Å²) < 4.78 is 36.0. The lowest BCUT2D eigenvalue weighted by molar-refractivity contribution is 0.0997. The lowest BCUT2D eigenvalue weighted by atomic mass is 10.1. The zero-order chi connectivity index (χ0) is 23.6. The van der Waals surface area contributed by atoms with E-state index in [0.29, 0.717) is 30.1 Å². The molecule has 3 aromatic rings. The van der Waals surface area contributed by atoms with Gasteiger partial charge >= 0.3 is 0 Å². The number of para-hydroxylation sites is 1. The molecule has 2 aromatic carbocycles. The normalized spacial score (nSPS) is 18.2. The van der Waals surface area contributed by atoms with Gasteiger partial charge in [0.15, 0.2) is 4.80 Å². The summed E-state index contributed by atoms with van der Waals surface area (Å²) in [5.41, 5.74) is 2.51. The van der Waals surface area contributed by atoms with Gasteiger partial charge in [-0.25, -0.2) is 8.42 Å². The number of hydrogen-bond donors (Lipinski definition) is 0. The van der Waals surface area contributed by atoms with Gasteiger partial charge in [0, 0.05) is 31.8 Å². The summed E-state index contributed by atoms with van der Waals surface area (Å²) in [5, 5.41) is 0. The molecule has 1 aliphatic rings. The van der Waals surface area contributed by atoms with E-state index in [0.717, 1.165) is 35.0 Å². The van der Waals surface area contributed by atoms with Gasteiger partial charge in [0.1, 0.15) is 0 Å². The number of rotatable bonds is 6. The maximum Gasteiger partial charge on any atom is 0.279 e. The van der Waals surface area contributed by atoms with E-state index in [4.69, 9.17) is 4.74 Å². The van der Waals surface area contributed by atoms with Gasteiger partial charge in [0.2, 0.25) is 10.0 Å². The monoisotopic (exact) mass is 487 g/mol. The summed E-state index contributed by atoms with van der Waals surface area (Å²) in [5.74, 6) is -0.402. The number of benzene rings is 2. The van der Waals surface area contributed by atoms with Crippen LogP contribution in [0.2, 0.25) is 0 Å². The molecule has 0 saturated carbocycles. The number of carbonyl (C=O) groups is 1. The Kier molecular flexibility index (Phi) is 7.13. The first kappa shape index (κ1) is 23.8. The van der Waals surface area contributed by atoms with Gasteiger partial charge in [-0.05, 0) is 62.6 Å². The van der Waals surface area contributed by atoms with Crippen LogP contribution in [0.25, 0.3) is 10.2 Å². The standard InChI is InChI=1S/C24H29N3O4S2/c1-17-7-6-9-21-22(17)26(15-16-31-3)24(32-21)25-23(28)19-10-12-20(13-11-19)33(29,30)27-14-5-4-8-18(27)2/h6-7,9-13,18H,4-5,8,14-16H2,1-3H3. The van der Waals surface area contributed by atoms with Crippen LogP contribution in [0.4, 0.5) is 0 Å². The van der Waals surface area contributed by atoms with Gasteiger partial charge in [-0.15, -0.1) is 0 Å². The van der Waals surface area contributed by atoms with Crippen molar-refractivity contribution in [2.24, 2.45) is 4.99 Å². The van der Waals surface area contributed by atoms with Crippen molar-refractivity contribution in [3.63, 3.8) is 0 Å². The van der Waals surface area contributed by atoms with Gasteiger partial charge in [-0.2, -0.15) is 9.30 Å². The van der Waals surface area contributed by atoms with Crippen molar-refractivity contribution in [2.45, 2.75) is 50.6 Å². The van der Waals surface area contributed by atoms with E-state index in [-0.39, 0.29) is 10.9 Å². The molecule has 1 saturated heterocycles. The van der Waals surface area contributed by atoms with Crippen LogP contribution in [0.15, 0.2) is 52.4 Å². The molecule has 9 heteroatoms. The second-order valence-electron chi connectivity index (χ2n) is 8.35. The first-order valence-electron chi connectivity index (χ1n) is 11.1. The van der Waals surface area contributed by atoms with Gasteiger partial charge in [-0.3, -0.25) is 4.79 Å². The number of aromatic nitrogens is 1. The lowest BCUT2D eigenvalue weighted by Gasteiger charge is -2.32. The molecule has 0 radical (unpaired) electrons. The fourth-order valence-corrected chi connectivity index (χ4v) is 7.10. The first-order chi connectivity index (χ1) is 15.8. The third kappa shape index (κ3) is 4.82. The summed E-state index contributed by atoms with van der Waals surface area (Å²) in [6.45, 7) is 5.60. The van der Waals surface area contributed by atoms with Crippen molar-refractivity contribution in [1.82, 2.24) is 8.87 Å². The number of carbonyl (C=O) groups excluding carboxylic acids is 1. The SMILES string of the molecule is COCCn1c(=NC(=O)c2ccc(S(=O)(=O)N3CCCCC3C)cc2)sc2cccc(C)c21. The Morgan fingerprint density at radius 2 is 1.94 bits per heavy atom. The molecule has 1 aromatic heterocycles. The van der Waals surface area contributed by atoms with E-state index in [1.54, 1.807) is 23.5 Å². The maximum absolute atomic E-state index is 13.1. The molecule has 0 aliphatic carbocycles. The zero-order valence-electron chi connectivity index (χ0n) is 19.2. The largest absolute Gasteiger partial charge is 0.383 e. The number of nitrogens with zero attached hydrogens (tertiary/aromatic N) is 3. The highest BCUT2D eigenvalue weighted by atomic mass is 32.2. The predicted molar refractivity (Wildman–Crippen MR) is 130 cm³/mol. The highest BCUT2D eigenvalue weighted by molar-refractivity contribution is 7.89. The fraction of sp³-hybridized carbons (Fsp3) is 0.417. The van der Waals surface area contributed by atoms with Crippen molar-refractivity contribution in [3.8, 4) is 0 Å². The third-order valence-corrected chi connectivity index (χ3v) is 9.14. The number of fused-ring (bicyclic) bond motifs is 1. The summed E-state index contributed by atoms with van der Waals surface area (Å²) in [6.07, 6.45) is 2.78. The first-order valence-corrected chi connectivity index (χ1v) is 13.4. The molecule has 1 amide bonds. The predicted octanol–water partition coefficient (Wildman–Crippen LogP) is 3.96. The van der Waals surface area contributed by atoms with Crippen molar-refractivity contribution in [1.29, 1.82) is 0 Å². The highest BCUT2D eigenvalue weighted by Crippen LogP contribution is 2.25. The number of hydrogen-bond acceptors (Lipinski definition) is 5. The number of sulfonamides is 1. The van der Waals surface area contributed by atoms with Crippen molar-refractivity contribution in [3.05, 3.63) is 58.4 Å². The maximum atomic E-state index is 13.1. The second kappa shape index (κ2) is 9.89. The third-order valence-electron chi connectivity index (χ3n) is 6.07. The summed E-state index contributed by atoms with van der Waals surface area (Å²) >= 11 is 1.46. The molecule has 1 atom stereocenters. The fourth-order valence-electron chi connectivity index (χ4n) is 4.27. The van der Waals surface area contributed by atoms with Crippen LogP contribution >= 0.6 is 11.3 Å². The van der Waals surface area contributed by atoms with Gasteiger partial charge < -0.3 is 9.30 Å². The second-order valence-corrected chi connectivity index (χ2v) is 11.3. The number of aryl methyl sites for hydroxylation is 1. The summed E-state index contributed by atoms with van der Waals surface area (Å²) in [7, 11) is -1.93. The van der Waals surface area contributed by atoms with Crippen LogP contribution in [0, 0.1) is 6.92 Å². The molecule has 7 nitrogen and oxygen atoms in total. The summed E-state index contributed by atoms with van der Waals surface area (Å²) in [4.78, 5) is 18.1. The highest BCUT2D eigenvalue weighted by Gasteiger charge is 2.30. The number of ether oxygens (including phenoxy) is 1. The van der Waals surface area contributed by atoms with Gasteiger partial charge in [-0.1, -0.05) is 29.9 Å². The Balaban J connectivity index is 1.66. The number of piperidine rings is 1. The smallest absolute Gasteiger partial charge is 0.279 e. The topological polar surface area (TPSA) is 81.0 Å². The quantitative estimate of drug-likeness (QED) is 0.527. The number of methoxy groups -OCH3 is 1. The number of thiazole rings is 1. The van der Waals surface area contributed by atoms with Crippen LogP contribution in [-0.4, -0.2) is 49.5 Å². The molecular formula is C24H29N3O4S2. The molecule has 0 N–H and O–H groups in total. The molecule has 4 rings (SSSR count). The molecule has 0 bridgehead atoms. The Hall–Kier alpha value is -2.33. The molecule has 2 heterocycles. The van der Waals surface area contributed by atoms with E-state index in [2.05, 4.69) is 4.99 Å². The Bertz CT molecular complexity index is 1320. The van der Waals surface area contributed by atoms with E-state index < -0.39 is 15.9 Å². The minimum Gasteiger partial charge on any atom is -0.383 e. The zero-order valence-corrected chi connectivity index (χ0v) is 20.8. The average molecular weight is 488 g/mol. The lowest BCUT2D eigenvalue weighted by Crippen LogP contribution is -2.41. The van der Waals surface area contributed by atoms with Crippen LogP contribution in [0.5, 0.6) is 0 Å². The summed E-state index contributed by atoms with van der Waals surface area (Å²) in [6, 6.07) is 12.1. The Morgan fingerprint density at radius 1 is 1.18 bits per heavy atom. The Morgan fingerprint density at radius 3 is 2.64 bits per heavy atom. The molecule has 33 heavy (non-hydrogen) atoms. The molecule has 1 unspecified atom stereocenters.